The first-order valence-electron chi connectivity index (χ1n) is 7.68. The first-order chi connectivity index (χ1) is 12.4. The van der Waals surface area contributed by atoms with Crippen molar-refractivity contribution in [3.8, 4) is 9.88 Å². The maximum atomic E-state index is 12.4. The molecule has 1 amide bonds. The molecule has 1 aromatic carbocycles. The van der Waals surface area contributed by atoms with Crippen molar-refractivity contribution in [2.24, 2.45) is 0 Å². The molecule has 3 aromatic rings. The van der Waals surface area contributed by atoms with E-state index in [1.807, 2.05) is 17.5 Å². The lowest BCUT2D eigenvalue weighted by atomic mass is 10.2. The summed E-state index contributed by atoms with van der Waals surface area (Å²) in [5.74, 6) is -0.276. The summed E-state index contributed by atoms with van der Waals surface area (Å²) in [4.78, 5) is 18.4. The molecule has 1 N–H and O–H groups in total. The van der Waals surface area contributed by atoms with E-state index >= 15 is 0 Å². The Morgan fingerprint density at radius 3 is 2.65 bits per heavy atom. The largest absolute Gasteiger partial charge is 0.347 e. The molecule has 0 saturated heterocycles. The minimum atomic E-state index is -3.57. The molecule has 0 saturated carbocycles. The molecule has 9 heteroatoms. The zero-order valence-corrected chi connectivity index (χ0v) is 16.6. The van der Waals surface area contributed by atoms with E-state index in [-0.39, 0.29) is 17.3 Å². The zero-order chi connectivity index (χ0) is 18.7. The maximum Gasteiger partial charge on any atom is 0.263 e. The predicted octanol–water partition coefficient (Wildman–Crippen LogP) is 3.05. The van der Waals surface area contributed by atoms with Crippen molar-refractivity contribution in [1.82, 2.24) is 14.6 Å². The lowest BCUT2D eigenvalue weighted by Crippen LogP contribution is -2.26. The van der Waals surface area contributed by atoms with Crippen LogP contribution in [0, 0.1) is 0 Å². The summed E-state index contributed by atoms with van der Waals surface area (Å²) < 4.78 is 26.0. The molecule has 2 heterocycles. The summed E-state index contributed by atoms with van der Waals surface area (Å²) in [5.41, 5.74) is 0.539. The third-order valence-electron chi connectivity index (χ3n) is 3.63. The number of amides is 1. The van der Waals surface area contributed by atoms with Gasteiger partial charge in [0, 0.05) is 20.6 Å². The van der Waals surface area contributed by atoms with Gasteiger partial charge in [-0.25, -0.2) is 17.7 Å². The fraction of sp³-hybridized carbons (Fsp3) is 0.176. The van der Waals surface area contributed by atoms with Gasteiger partial charge in [0.25, 0.3) is 5.91 Å². The highest BCUT2D eigenvalue weighted by Gasteiger charge is 2.21. The van der Waals surface area contributed by atoms with Crippen molar-refractivity contribution in [3.05, 3.63) is 58.4 Å². The molecule has 26 heavy (non-hydrogen) atoms. The number of hydrogen-bond donors (Lipinski definition) is 1. The second-order valence-corrected chi connectivity index (χ2v) is 9.68. The van der Waals surface area contributed by atoms with E-state index < -0.39 is 10.0 Å². The van der Waals surface area contributed by atoms with Gasteiger partial charge in [0.05, 0.1) is 16.0 Å². The molecule has 0 fully saturated rings. The summed E-state index contributed by atoms with van der Waals surface area (Å²) >= 11 is 2.87. The fourth-order valence-corrected chi connectivity index (χ4v) is 5.01. The SMILES string of the molecule is CN(C)S(=O)(=O)c1ccccc1CNC(=O)c1cnc(-c2cccs2)s1. The molecule has 0 aliphatic rings. The minimum Gasteiger partial charge on any atom is -0.347 e. The molecule has 0 aliphatic carbocycles. The highest BCUT2D eigenvalue weighted by Crippen LogP contribution is 2.28. The van der Waals surface area contributed by atoms with Crippen molar-refractivity contribution < 1.29 is 13.2 Å². The lowest BCUT2D eigenvalue weighted by Gasteiger charge is -2.15. The summed E-state index contributed by atoms with van der Waals surface area (Å²) in [6.45, 7) is 0.119. The normalized spacial score (nSPS) is 11.7. The number of nitrogens with zero attached hydrogens (tertiary/aromatic N) is 2. The predicted molar refractivity (Wildman–Crippen MR) is 104 cm³/mol. The zero-order valence-electron chi connectivity index (χ0n) is 14.2. The maximum absolute atomic E-state index is 12.4. The Labute approximate surface area is 160 Å². The average molecular weight is 408 g/mol. The monoisotopic (exact) mass is 407 g/mol. The van der Waals surface area contributed by atoms with Gasteiger partial charge in [0.15, 0.2) is 0 Å². The number of benzene rings is 1. The smallest absolute Gasteiger partial charge is 0.263 e. The lowest BCUT2D eigenvalue weighted by molar-refractivity contribution is 0.0954. The van der Waals surface area contributed by atoms with Crippen LogP contribution in [0.2, 0.25) is 0 Å². The summed E-state index contributed by atoms with van der Waals surface area (Å²) in [5, 5.41) is 5.53. The number of sulfonamides is 1. The number of nitrogens with one attached hydrogen (secondary N) is 1. The number of carbonyl (C=O) groups is 1. The van der Waals surface area contributed by atoms with E-state index in [1.54, 1.807) is 35.6 Å². The molecule has 0 atom stereocenters. The summed E-state index contributed by atoms with van der Waals surface area (Å²) in [7, 11) is -0.611. The van der Waals surface area contributed by atoms with Crippen LogP contribution in [-0.4, -0.2) is 37.7 Å². The van der Waals surface area contributed by atoms with Crippen molar-refractivity contribution in [1.29, 1.82) is 0 Å². The fourth-order valence-electron chi connectivity index (χ4n) is 2.25. The first-order valence-corrected chi connectivity index (χ1v) is 10.8. The third-order valence-corrected chi connectivity index (χ3v) is 7.58. The van der Waals surface area contributed by atoms with Crippen molar-refractivity contribution in [3.63, 3.8) is 0 Å². The molecule has 136 valence electrons. The van der Waals surface area contributed by atoms with Crippen LogP contribution in [0.1, 0.15) is 15.2 Å². The Hall–Kier alpha value is -2.07. The van der Waals surface area contributed by atoms with Crippen LogP contribution >= 0.6 is 22.7 Å². The highest BCUT2D eigenvalue weighted by molar-refractivity contribution is 7.89. The van der Waals surface area contributed by atoms with Crippen LogP contribution in [0.3, 0.4) is 0 Å². The van der Waals surface area contributed by atoms with Gasteiger partial charge in [-0.15, -0.1) is 22.7 Å². The number of rotatable bonds is 6. The molecule has 0 radical (unpaired) electrons. The number of carbonyl (C=O) groups excluding carboxylic acids is 1. The molecule has 0 aliphatic heterocycles. The molecular weight excluding hydrogens is 390 g/mol. The molecule has 0 spiro atoms. The van der Waals surface area contributed by atoms with E-state index in [4.69, 9.17) is 0 Å². The Bertz CT molecular complexity index is 1010. The van der Waals surface area contributed by atoms with Gasteiger partial charge in [-0.1, -0.05) is 24.3 Å². The molecular formula is C17H17N3O3S3. The van der Waals surface area contributed by atoms with Crippen molar-refractivity contribution in [2.45, 2.75) is 11.4 Å². The van der Waals surface area contributed by atoms with Crippen molar-refractivity contribution >= 4 is 38.6 Å². The van der Waals surface area contributed by atoms with E-state index in [0.717, 1.165) is 14.2 Å². The number of hydrogen-bond acceptors (Lipinski definition) is 6. The summed E-state index contributed by atoms with van der Waals surface area (Å²) in [6, 6.07) is 10.5. The number of thiophene rings is 1. The highest BCUT2D eigenvalue weighted by atomic mass is 32.2. The Morgan fingerprint density at radius 1 is 1.19 bits per heavy atom. The van der Waals surface area contributed by atoms with E-state index in [2.05, 4.69) is 10.3 Å². The topological polar surface area (TPSA) is 79.4 Å². The minimum absolute atomic E-state index is 0.119. The van der Waals surface area contributed by atoms with Gasteiger partial charge in [0.1, 0.15) is 9.88 Å². The summed E-state index contributed by atoms with van der Waals surface area (Å²) in [6.07, 6.45) is 1.54. The van der Waals surface area contributed by atoms with Gasteiger partial charge in [-0.05, 0) is 23.1 Å². The molecule has 6 nitrogen and oxygen atoms in total. The van der Waals surface area contributed by atoms with Crippen LogP contribution in [0.15, 0.2) is 52.9 Å². The van der Waals surface area contributed by atoms with E-state index in [0.29, 0.717) is 10.4 Å². The van der Waals surface area contributed by atoms with E-state index in [9.17, 15) is 13.2 Å². The Kier molecular flexibility index (Phi) is 5.52. The molecule has 0 unspecified atom stereocenters. The quantitative estimate of drug-likeness (QED) is 0.681. The van der Waals surface area contributed by atoms with Gasteiger partial charge in [0.2, 0.25) is 10.0 Å². The Balaban J connectivity index is 1.75. The van der Waals surface area contributed by atoms with Crippen LogP contribution in [0.5, 0.6) is 0 Å². The van der Waals surface area contributed by atoms with Crippen LogP contribution in [-0.2, 0) is 16.6 Å². The average Bonchev–Trinajstić information content (AvgIpc) is 3.30. The van der Waals surface area contributed by atoms with Gasteiger partial charge in [-0.2, -0.15) is 0 Å². The van der Waals surface area contributed by atoms with Gasteiger partial charge < -0.3 is 5.32 Å². The van der Waals surface area contributed by atoms with Gasteiger partial charge in [-0.3, -0.25) is 4.79 Å². The molecule has 0 bridgehead atoms. The van der Waals surface area contributed by atoms with E-state index in [1.165, 1.54) is 31.6 Å². The Morgan fingerprint density at radius 2 is 1.96 bits per heavy atom. The molecule has 3 rings (SSSR count). The molecule has 2 aromatic heterocycles. The first kappa shape index (κ1) is 18.7. The number of thiazole rings is 1. The third kappa shape index (κ3) is 3.85. The standard InChI is InChI=1S/C17H17N3O3S3/c1-20(2)26(22,23)15-8-4-3-6-12(15)10-18-16(21)14-11-19-17(25-14)13-7-5-9-24-13/h3-9,11H,10H2,1-2H3,(H,18,21). The van der Waals surface area contributed by atoms with Crippen LogP contribution < -0.4 is 5.32 Å². The number of aromatic nitrogens is 1. The second-order valence-electron chi connectivity index (χ2n) is 5.58. The van der Waals surface area contributed by atoms with Crippen molar-refractivity contribution in [2.75, 3.05) is 14.1 Å². The van der Waals surface area contributed by atoms with Crippen LogP contribution in [0.25, 0.3) is 9.88 Å². The second kappa shape index (κ2) is 7.67. The van der Waals surface area contributed by atoms with Crippen LogP contribution in [0.4, 0.5) is 0 Å². The van der Waals surface area contributed by atoms with Gasteiger partial charge >= 0.3 is 0 Å².